The number of carbonyl (C=O) groups excluding carboxylic acids is 1. The van der Waals surface area contributed by atoms with Gasteiger partial charge in [0, 0.05) is 7.11 Å². The lowest BCUT2D eigenvalue weighted by Gasteiger charge is -2.44. The van der Waals surface area contributed by atoms with Gasteiger partial charge in [0.1, 0.15) is 36.6 Å². The molecule has 0 aromatic heterocycles. The highest BCUT2D eigenvalue weighted by Crippen LogP contribution is 2.28. The smallest absolute Gasteiger partial charge is 0.197 e. The maximum Gasteiger partial charge on any atom is 0.197 e. The van der Waals surface area contributed by atoms with Crippen molar-refractivity contribution in [3.8, 4) is 0 Å². The zero-order chi connectivity index (χ0) is 18.0. The number of methoxy groups -OCH3 is 1. The highest BCUT2D eigenvalue weighted by molar-refractivity contribution is 5.88. The zero-order valence-corrected chi connectivity index (χ0v) is 12.8. The fraction of sp³-hybridized carbons (Fsp3) is 0.923. The SMILES string of the molecule is CO[C@@H]1O[C@H](CO)[C@@H](O[C@H]2O[C@H](CO)[C@@H](O)C(=O)[C@H]2O)[C@H](O)[C@H]1O. The maximum atomic E-state index is 11.8. The van der Waals surface area contributed by atoms with Crippen LogP contribution in [-0.4, -0.2) is 112 Å². The largest absolute Gasteiger partial charge is 0.394 e. The summed E-state index contributed by atoms with van der Waals surface area (Å²) in [7, 11) is 1.23. The molecule has 0 saturated carbocycles. The summed E-state index contributed by atoms with van der Waals surface area (Å²) in [6.07, 6.45) is -13.4. The molecular formula is C13H22O11. The van der Waals surface area contributed by atoms with E-state index in [4.69, 9.17) is 24.1 Å². The van der Waals surface area contributed by atoms with Gasteiger partial charge in [0.2, 0.25) is 0 Å². The summed E-state index contributed by atoms with van der Waals surface area (Å²) in [4.78, 5) is 11.8. The van der Waals surface area contributed by atoms with Crippen LogP contribution in [0.4, 0.5) is 0 Å². The molecule has 11 nitrogen and oxygen atoms in total. The van der Waals surface area contributed by atoms with E-state index in [9.17, 15) is 30.3 Å². The molecule has 0 unspecified atom stereocenters. The third-order valence-corrected chi connectivity index (χ3v) is 4.03. The van der Waals surface area contributed by atoms with Gasteiger partial charge in [0.05, 0.1) is 13.2 Å². The van der Waals surface area contributed by atoms with Crippen molar-refractivity contribution in [2.45, 2.75) is 55.3 Å². The fourth-order valence-electron chi connectivity index (χ4n) is 2.63. The van der Waals surface area contributed by atoms with E-state index in [1.54, 1.807) is 0 Å². The molecule has 2 aliphatic rings. The molecule has 2 saturated heterocycles. The average Bonchev–Trinajstić information content (AvgIpc) is 2.59. The molecule has 2 fully saturated rings. The summed E-state index contributed by atoms with van der Waals surface area (Å²) in [5.41, 5.74) is 0. The molecule has 9 atom stereocenters. The summed E-state index contributed by atoms with van der Waals surface area (Å²) in [6, 6.07) is 0. The van der Waals surface area contributed by atoms with Gasteiger partial charge in [-0.3, -0.25) is 4.79 Å². The van der Waals surface area contributed by atoms with Gasteiger partial charge in [0.25, 0.3) is 0 Å². The second-order valence-electron chi connectivity index (χ2n) is 5.56. The number of aliphatic hydroxyl groups excluding tert-OH is 6. The van der Waals surface area contributed by atoms with Gasteiger partial charge >= 0.3 is 0 Å². The molecule has 0 amide bonds. The molecule has 0 aromatic carbocycles. The average molecular weight is 354 g/mol. The van der Waals surface area contributed by atoms with Crippen LogP contribution in [-0.2, 0) is 23.7 Å². The monoisotopic (exact) mass is 354 g/mol. The molecular weight excluding hydrogens is 332 g/mol. The first-order valence-corrected chi connectivity index (χ1v) is 7.32. The van der Waals surface area contributed by atoms with E-state index in [1.807, 2.05) is 0 Å². The number of ketones is 1. The Morgan fingerprint density at radius 2 is 1.50 bits per heavy atom. The Morgan fingerprint density at radius 1 is 0.917 bits per heavy atom. The predicted octanol–water partition coefficient (Wildman–Crippen LogP) is -4.53. The quantitative estimate of drug-likeness (QED) is 0.280. The van der Waals surface area contributed by atoms with Crippen molar-refractivity contribution in [2.24, 2.45) is 0 Å². The topological polar surface area (TPSA) is 175 Å². The van der Waals surface area contributed by atoms with Crippen molar-refractivity contribution in [3.63, 3.8) is 0 Å². The van der Waals surface area contributed by atoms with Crippen molar-refractivity contribution >= 4 is 5.78 Å². The second-order valence-corrected chi connectivity index (χ2v) is 5.56. The molecule has 2 aliphatic heterocycles. The van der Waals surface area contributed by atoms with E-state index < -0.39 is 74.3 Å². The molecule has 140 valence electrons. The number of Topliss-reactive ketones (excluding diaryl/α,β-unsaturated/α-hetero) is 1. The Labute approximate surface area is 136 Å². The van der Waals surface area contributed by atoms with Gasteiger partial charge in [-0.1, -0.05) is 0 Å². The minimum atomic E-state index is -1.88. The Hall–Kier alpha value is -0.730. The van der Waals surface area contributed by atoms with Gasteiger partial charge in [-0.15, -0.1) is 0 Å². The lowest BCUT2D eigenvalue weighted by molar-refractivity contribution is -0.340. The molecule has 6 N–H and O–H groups in total. The van der Waals surface area contributed by atoms with Crippen molar-refractivity contribution in [2.75, 3.05) is 20.3 Å². The van der Waals surface area contributed by atoms with E-state index in [-0.39, 0.29) is 0 Å². The second kappa shape index (κ2) is 8.10. The Morgan fingerprint density at radius 3 is 2.04 bits per heavy atom. The first-order chi connectivity index (χ1) is 11.3. The molecule has 24 heavy (non-hydrogen) atoms. The lowest BCUT2D eigenvalue weighted by Crippen LogP contribution is -2.63. The van der Waals surface area contributed by atoms with Crippen molar-refractivity contribution < 1.29 is 54.4 Å². The van der Waals surface area contributed by atoms with Crippen LogP contribution in [0.25, 0.3) is 0 Å². The summed E-state index contributed by atoms with van der Waals surface area (Å²) in [5.74, 6) is -1.02. The van der Waals surface area contributed by atoms with Crippen LogP contribution < -0.4 is 0 Å². The van der Waals surface area contributed by atoms with Crippen LogP contribution in [0.3, 0.4) is 0 Å². The fourth-order valence-corrected chi connectivity index (χ4v) is 2.63. The number of ether oxygens (including phenoxy) is 4. The number of aliphatic hydroxyl groups is 6. The zero-order valence-electron chi connectivity index (χ0n) is 12.8. The molecule has 0 aromatic rings. The molecule has 0 radical (unpaired) electrons. The standard InChI is InChI=1S/C13H22O11/c1-21-12-10(20)8(18)11(5(3-15)23-12)24-13-9(19)7(17)6(16)4(2-14)22-13/h4-6,8-16,18-20H,2-3H2,1H3/t4-,5-,6-,8-,9-,10-,11-,12-,13-/m1/s1. The molecule has 2 heterocycles. The van der Waals surface area contributed by atoms with E-state index in [1.165, 1.54) is 7.11 Å². The molecule has 0 bridgehead atoms. The number of carbonyl (C=O) groups is 1. The Bertz CT molecular complexity index is 430. The minimum absolute atomic E-state index is 0.614. The van der Waals surface area contributed by atoms with E-state index in [0.717, 1.165) is 0 Å². The van der Waals surface area contributed by atoms with Crippen LogP contribution in [0.15, 0.2) is 0 Å². The lowest BCUT2D eigenvalue weighted by atomic mass is 9.97. The normalized spacial score (nSPS) is 47.0. The van der Waals surface area contributed by atoms with Crippen molar-refractivity contribution in [1.82, 2.24) is 0 Å². The summed E-state index contributed by atoms with van der Waals surface area (Å²) >= 11 is 0. The van der Waals surface area contributed by atoms with Crippen LogP contribution in [0, 0.1) is 0 Å². The third-order valence-electron chi connectivity index (χ3n) is 4.03. The van der Waals surface area contributed by atoms with Crippen LogP contribution in [0.5, 0.6) is 0 Å². The summed E-state index contributed by atoms with van der Waals surface area (Å²) < 4.78 is 20.5. The highest BCUT2D eigenvalue weighted by Gasteiger charge is 2.50. The molecule has 0 aliphatic carbocycles. The van der Waals surface area contributed by atoms with Gasteiger partial charge in [-0.2, -0.15) is 0 Å². The van der Waals surface area contributed by atoms with Gasteiger partial charge in [-0.05, 0) is 0 Å². The first kappa shape index (κ1) is 19.6. The number of rotatable bonds is 5. The van der Waals surface area contributed by atoms with Gasteiger partial charge in [0.15, 0.2) is 24.5 Å². The molecule has 0 spiro atoms. The molecule has 2 rings (SSSR count). The Kier molecular flexibility index (Phi) is 6.61. The van der Waals surface area contributed by atoms with Crippen LogP contribution in [0.1, 0.15) is 0 Å². The predicted molar refractivity (Wildman–Crippen MR) is 72.4 cm³/mol. The van der Waals surface area contributed by atoms with E-state index in [0.29, 0.717) is 0 Å². The Balaban J connectivity index is 2.13. The number of hydrogen-bond acceptors (Lipinski definition) is 11. The van der Waals surface area contributed by atoms with Crippen molar-refractivity contribution in [3.05, 3.63) is 0 Å². The van der Waals surface area contributed by atoms with E-state index in [2.05, 4.69) is 0 Å². The maximum absolute atomic E-state index is 11.8. The number of hydrogen-bond donors (Lipinski definition) is 6. The molecule has 11 heteroatoms. The van der Waals surface area contributed by atoms with Gasteiger partial charge in [-0.25, -0.2) is 0 Å². The third kappa shape index (κ3) is 3.60. The minimum Gasteiger partial charge on any atom is -0.394 e. The first-order valence-electron chi connectivity index (χ1n) is 7.32. The van der Waals surface area contributed by atoms with Crippen LogP contribution >= 0.6 is 0 Å². The highest BCUT2D eigenvalue weighted by atomic mass is 16.7. The van der Waals surface area contributed by atoms with E-state index >= 15 is 0 Å². The summed E-state index contributed by atoms with van der Waals surface area (Å²) in [6.45, 7) is -1.32. The van der Waals surface area contributed by atoms with Crippen LogP contribution in [0.2, 0.25) is 0 Å². The van der Waals surface area contributed by atoms with Gasteiger partial charge < -0.3 is 49.6 Å². The van der Waals surface area contributed by atoms with Crippen molar-refractivity contribution in [1.29, 1.82) is 0 Å². The summed E-state index contributed by atoms with van der Waals surface area (Å²) in [5, 5.41) is 57.9.